The van der Waals surface area contributed by atoms with Gasteiger partial charge in [-0.1, -0.05) is 0 Å². The average Bonchev–Trinajstić information content (AvgIpc) is 2.51. The summed E-state index contributed by atoms with van der Waals surface area (Å²) in [6.07, 6.45) is 0. The van der Waals surface area contributed by atoms with Gasteiger partial charge < -0.3 is 14.8 Å². The molecule has 1 aromatic carbocycles. The summed E-state index contributed by atoms with van der Waals surface area (Å²) < 4.78 is 35.6. The molecule has 0 unspecified atom stereocenters. The molecule has 1 aromatic rings. The highest BCUT2D eigenvalue weighted by molar-refractivity contribution is 7.89. The van der Waals surface area contributed by atoms with Crippen molar-refractivity contribution in [1.82, 2.24) is 10.0 Å². The predicted octanol–water partition coefficient (Wildman–Crippen LogP) is 0.592. The number of hydrogen-bond acceptors (Lipinski definition) is 5. The van der Waals surface area contributed by atoms with E-state index in [9.17, 15) is 13.2 Å². The van der Waals surface area contributed by atoms with Gasteiger partial charge in [0, 0.05) is 25.0 Å². The molecule has 2 N–H and O–H groups in total. The molecule has 0 aromatic heterocycles. The molecule has 0 aliphatic carbocycles. The van der Waals surface area contributed by atoms with E-state index in [1.165, 1.54) is 14.2 Å². The van der Waals surface area contributed by atoms with E-state index in [1.807, 2.05) is 0 Å². The second-order valence-corrected chi connectivity index (χ2v) is 6.53. The van der Waals surface area contributed by atoms with Crippen molar-refractivity contribution in [1.29, 1.82) is 0 Å². The summed E-state index contributed by atoms with van der Waals surface area (Å²) >= 11 is 5.41. The van der Waals surface area contributed by atoms with Crippen LogP contribution in [0.3, 0.4) is 0 Å². The smallest absolute Gasteiger partial charge is 0.255 e. The zero-order valence-corrected chi connectivity index (χ0v) is 14.0. The summed E-state index contributed by atoms with van der Waals surface area (Å²) in [5.41, 5.74) is 0.300. The standard InChI is InChI=1S/C13H19ClN2O5S/c1-20-10-3-4-11(12(9-10)21-2)13(17)15-7-8-22(18,19)16-6-5-14/h3-4,9,16H,5-8H2,1-2H3,(H,15,17). The number of sulfonamides is 1. The van der Waals surface area contributed by atoms with E-state index >= 15 is 0 Å². The molecule has 0 bridgehead atoms. The van der Waals surface area contributed by atoms with E-state index in [0.29, 0.717) is 17.1 Å². The zero-order valence-electron chi connectivity index (χ0n) is 12.4. The molecule has 0 saturated carbocycles. The molecule has 0 atom stereocenters. The lowest BCUT2D eigenvalue weighted by atomic mass is 10.2. The van der Waals surface area contributed by atoms with Crippen LogP contribution in [0, 0.1) is 0 Å². The maximum atomic E-state index is 12.1. The van der Waals surface area contributed by atoms with Crippen LogP contribution in [0.1, 0.15) is 10.4 Å². The number of rotatable bonds is 9. The van der Waals surface area contributed by atoms with Crippen molar-refractivity contribution in [2.75, 3.05) is 38.9 Å². The Morgan fingerprint density at radius 3 is 2.55 bits per heavy atom. The molecule has 0 heterocycles. The fourth-order valence-electron chi connectivity index (χ4n) is 1.65. The van der Waals surface area contributed by atoms with Crippen LogP contribution in [-0.4, -0.2) is 53.3 Å². The largest absolute Gasteiger partial charge is 0.497 e. The number of hydrogen-bond donors (Lipinski definition) is 2. The number of alkyl halides is 1. The Morgan fingerprint density at radius 1 is 1.23 bits per heavy atom. The molecule has 7 nitrogen and oxygen atoms in total. The molecule has 0 fully saturated rings. The van der Waals surface area contributed by atoms with Crippen LogP contribution in [0.25, 0.3) is 0 Å². The van der Waals surface area contributed by atoms with E-state index in [4.69, 9.17) is 21.1 Å². The van der Waals surface area contributed by atoms with Crippen molar-refractivity contribution in [3.8, 4) is 11.5 Å². The van der Waals surface area contributed by atoms with Gasteiger partial charge in [-0.05, 0) is 12.1 Å². The summed E-state index contributed by atoms with van der Waals surface area (Å²) in [7, 11) is -0.505. The van der Waals surface area contributed by atoms with Crippen LogP contribution in [-0.2, 0) is 10.0 Å². The number of carbonyl (C=O) groups excluding carboxylic acids is 1. The average molecular weight is 351 g/mol. The van der Waals surface area contributed by atoms with Crippen LogP contribution >= 0.6 is 11.6 Å². The number of ether oxygens (including phenoxy) is 2. The summed E-state index contributed by atoms with van der Waals surface area (Å²) in [6.45, 7) is 0.135. The van der Waals surface area contributed by atoms with Crippen LogP contribution in [0.2, 0.25) is 0 Å². The van der Waals surface area contributed by atoms with Crippen molar-refractivity contribution in [3.05, 3.63) is 23.8 Å². The lowest BCUT2D eigenvalue weighted by Crippen LogP contribution is -2.35. The Labute approximate surface area is 135 Å². The van der Waals surface area contributed by atoms with Crippen molar-refractivity contribution in [2.45, 2.75) is 0 Å². The highest BCUT2D eigenvalue weighted by atomic mass is 35.5. The summed E-state index contributed by atoms with van der Waals surface area (Å²) in [5, 5.41) is 2.53. The first-order chi connectivity index (χ1) is 10.4. The number of benzene rings is 1. The Bertz CT molecular complexity index is 606. The molecule has 0 aliphatic heterocycles. The second kappa shape index (κ2) is 8.82. The highest BCUT2D eigenvalue weighted by Crippen LogP contribution is 2.24. The lowest BCUT2D eigenvalue weighted by molar-refractivity contribution is 0.0953. The van der Waals surface area contributed by atoms with E-state index in [0.717, 1.165) is 0 Å². The number of nitrogens with one attached hydrogen (secondary N) is 2. The third kappa shape index (κ3) is 5.70. The topological polar surface area (TPSA) is 93.7 Å². The van der Waals surface area contributed by atoms with Crippen LogP contribution in [0.4, 0.5) is 0 Å². The lowest BCUT2D eigenvalue weighted by Gasteiger charge is -2.11. The SMILES string of the molecule is COc1ccc(C(=O)NCCS(=O)(=O)NCCCl)c(OC)c1. The van der Waals surface area contributed by atoms with Gasteiger partial charge in [-0.25, -0.2) is 13.1 Å². The van der Waals surface area contributed by atoms with Gasteiger partial charge >= 0.3 is 0 Å². The minimum absolute atomic E-state index is 0.0222. The van der Waals surface area contributed by atoms with E-state index in [-0.39, 0.29) is 24.7 Å². The third-order valence-electron chi connectivity index (χ3n) is 2.73. The minimum atomic E-state index is -3.45. The van der Waals surface area contributed by atoms with Gasteiger partial charge in [0.2, 0.25) is 10.0 Å². The number of halogens is 1. The predicted molar refractivity (Wildman–Crippen MR) is 84.4 cm³/mol. The van der Waals surface area contributed by atoms with Crippen LogP contribution in [0.5, 0.6) is 11.5 Å². The molecule has 0 spiro atoms. The Balaban J connectivity index is 2.63. The van der Waals surface area contributed by atoms with Gasteiger partial charge in [-0.3, -0.25) is 4.79 Å². The van der Waals surface area contributed by atoms with Crippen LogP contribution < -0.4 is 19.5 Å². The summed E-state index contributed by atoms with van der Waals surface area (Å²) in [6, 6.07) is 4.75. The van der Waals surface area contributed by atoms with Gasteiger partial charge in [0.1, 0.15) is 11.5 Å². The van der Waals surface area contributed by atoms with E-state index in [1.54, 1.807) is 18.2 Å². The molecule has 0 saturated heterocycles. The number of carbonyl (C=O) groups is 1. The van der Waals surface area contributed by atoms with Gasteiger partial charge in [0.25, 0.3) is 5.91 Å². The zero-order chi connectivity index (χ0) is 16.6. The first kappa shape index (κ1) is 18.5. The molecular formula is C13H19ClN2O5S. The van der Waals surface area contributed by atoms with Crippen molar-refractivity contribution >= 4 is 27.5 Å². The Morgan fingerprint density at radius 2 is 1.95 bits per heavy atom. The maximum absolute atomic E-state index is 12.1. The van der Waals surface area contributed by atoms with E-state index in [2.05, 4.69) is 10.0 Å². The van der Waals surface area contributed by atoms with Gasteiger partial charge in [-0.15, -0.1) is 11.6 Å². The molecule has 0 aliphatic rings. The third-order valence-corrected chi connectivity index (χ3v) is 4.30. The Kier molecular flexibility index (Phi) is 7.43. The monoisotopic (exact) mass is 350 g/mol. The fraction of sp³-hybridized carbons (Fsp3) is 0.462. The van der Waals surface area contributed by atoms with Crippen molar-refractivity contribution in [3.63, 3.8) is 0 Å². The summed E-state index contributed by atoms with van der Waals surface area (Å²) in [4.78, 5) is 12.1. The fourth-order valence-corrected chi connectivity index (χ4v) is 2.78. The second-order valence-electron chi connectivity index (χ2n) is 4.22. The molecule has 9 heteroatoms. The van der Waals surface area contributed by atoms with Crippen molar-refractivity contribution in [2.24, 2.45) is 0 Å². The normalized spacial score (nSPS) is 11.0. The quantitative estimate of drug-likeness (QED) is 0.636. The first-order valence-electron chi connectivity index (χ1n) is 6.47. The molecule has 1 rings (SSSR count). The van der Waals surface area contributed by atoms with Gasteiger partial charge in [0.15, 0.2) is 0 Å². The Hall–Kier alpha value is -1.51. The summed E-state index contributed by atoms with van der Waals surface area (Å²) in [5.74, 6) is 0.441. The molecular weight excluding hydrogens is 332 g/mol. The molecule has 124 valence electrons. The molecule has 0 radical (unpaired) electrons. The number of amides is 1. The first-order valence-corrected chi connectivity index (χ1v) is 8.65. The van der Waals surface area contributed by atoms with Crippen LogP contribution in [0.15, 0.2) is 18.2 Å². The van der Waals surface area contributed by atoms with Gasteiger partial charge in [0.05, 0.1) is 25.5 Å². The minimum Gasteiger partial charge on any atom is -0.497 e. The maximum Gasteiger partial charge on any atom is 0.255 e. The molecule has 1 amide bonds. The highest BCUT2D eigenvalue weighted by Gasteiger charge is 2.15. The molecule has 22 heavy (non-hydrogen) atoms. The van der Waals surface area contributed by atoms with Gasteiger partial charge in [-0.2, -0.15) is 0 Å². The van der Waals surface area contributed by atoms with E-state index < -0.39 is 15.9 Å². The number of methoxy groups -OCH3 is 2. The van der Waals surface area contributed by atoms with Crippen molar-refractivity contribution < 1.29 is 22.7 Å².